The van der Waals surface area contributed by atoms with E-state index in [9.17, 15) is 24.4 Å². The van der Waals surface area contributed by atoms with Gasteiger partial charge in [0.25, 0.3) is 11.6 Å². The lowest BCUT2D eigenvalue weighted by Crippen LogP contribution is -2.64. The van der Waals surface area contributed by atoms with Crippen LogP contribution in [0.1, 0.15) is 28.8 Å². The van der Waals surface area contributed by atoms with E-state index in [0.29, 0.717) is 0 Å². The molecule has 6 nitrogen and oxygen atoms in total. The van der Waals surface area contributed by atoms with Crippen LogP contribution in [0.4, 0.5) is 10.1 Å². The van der Waals surface area contributed by atoms with Crippen LogP contribution < -0.4 is 0 Å². The molecule has 1 aliphatic heterocycles. The number of β-amino-alcohol motifs (C(OH)–C–C–N with tert-alkyl or cyclic N) is 1. The summed E-state index contributed by atoms with van der Waals surface area (Å²) in [6, 6.07) is 2.06. The number of carbonyl (C=O) groups is 1. The Labute approximate surface area is 120 Å². The molecule has 1 aliphatic carbocycles. The van der Waals surface area contributed by atoms with Gasteiger partial charge in [-0.1, -0.05) is 0 Å². The standard InChI is InChI=1S/C14H15FN2O4/c1-8-4-10(17(20)21)5-11(12(8)15)13(18)16-6-14(19,7-16)9-2-3-9/h4-5,9,19H,2-3,6-7H2,1H3. The Bertz CT molecular complexity index is 636. The number of carbonyl (C=O) groups excluding carboxylic acids is 1. The molecular weight excluding hydrogens is 279 g/mol. The lowest BCUT2D eigenvalue weighted by molar-refractivity contribution is -0.385. The molecule has 0 atom stereocenters. The van der Waals surface area contributed by atoms with E-state index in [4.69, 9.17) is 0 Å². The van der Waals surface area contributed by atoms with Crippen molar-refractivity contribution in [3.8, 4) is 0 Å². The fourth-order valence-corrected chi connectivity index (χ4v) is 2.82. The van der Waals surface area contributed by atoms with E-state index in [1.807, 2.05) is 0 Å². The minimum atomic E-state index is -0.859. The highest BCUT2D eigenvalue weighted by molar-refractivity contribution is 5.96. The first-order chi connectivity index (χ1) is 9.82. The van der Waals surface area contributed by atoms with Gasteiger partial charge < -0.3 is 10.0 Å². The van der Waals surface area contributed by atoms with Crippen molar-refractivity contribution in [2.24, 2.45) is 5.92 Å². The number of halogens is 1. The van der Waals surface area contributed by atoms with Crippen molar-refractivity contribution >= 4 is 11.6 Å². The second kappa shape index (κ2) is 4.49. The minimum Gasteiger partial charge on any atom is -0.386 e. The van der Waals surface area contributed by atoms with Crippen molar-refractivity contribution in [3.05, 3.63) is 39.2 Å². The Morgan fingerprint density at radius 1 is 1.48 bits per heavy atom. The maximum Gasteiger partial charge on any atom is 0.270 e. The van der Waals surface area contributed by atoms with Gasteiger partial charge in [0.2, 0.25) is 0 Å². The monoisotopic (exact) mass is 294 g/mol. The van der Waals surface area contributed by atoms with Crippen molar-refractivity contribution in [2.45, 2.75) is 25.4 Å². The van der Waals surface area contributed by atoms with E-state index in [2.05, 4.69) is 0 Å². The van der Waals surface area contributed by atoms with Gasteiger partial charge >= 0.3 is 0 Å². The number of nitro groups is 1. The van der Waals surface area contributed by atoms with E-state index in [-0.39, 0.29) is 35.8 Å². The summed E-state index contributed by atoms with van der Waals surface area (Å²) in [5.74, 6) is -1.13. The van der Waals surface area contributed by atoms with Gasteiger partial charge in [-0.05, 0) is 31.2 Å². The molecule has 1 heterocycles. The van der Waals surface area contributed by atoms with Crippen LogP contribution >= 0.6 is 0 Å². The van der Waals surface area contributed by atoms with Gasteiger partial charge in [0.15, 0.2) is 0 Å². The average molecular weight is 294 g/mol. The zero-order valence-electron chi connectivity index (χ0n) is 11.5. The maximum atomic E-state index is 14.0. The first-order valence-electron chi connectivity index (χ1n) is 6.78. The molecule has 0 spiro atoms. The molecule has 1 amide bonds. The summed E-state index contributed by atoms with van der Waals surface area (Å²) in [5.41, 5.74) is -1.41. The molecular formula is C14H15FN2O4. The predicted octanol–water partition coefficient (Wildman–Crippen LogP) is 1.64. The van der Waals surface area contributed by atoms with Crippen molar-refractivity contribution in [2.75, 3.05) is 13.1 Å². The Kier molecular flexibility index (Phi) is 2.98. The Balaban J connectivity index is 1.83. The summed E-state index contributed by atoms with van der Waals surface area (Å²) < 4.78 is 14.0. The number of benzene rings is 1. The molecule has 1 saturated carbocycles. The summed E-state index contributed by atoms with van der Waals surface area (Å²) in [7, 11) is 0. The van der Waals surface area contributed by atoms with Crippen molar-refractivity contribution in [1.82, 2.24) is 4.90 Å². The molecule has 112 valence electrons. The molecule has 21 heavy (non-hydrogen) atoms. The van der Waals surface area contributed by atoms with E-state index < -0.39 is 22.2 Å². The lowest BCUT2D eigenvalue weighted by atomic mass is 9.88. The molecule has 2 fully saturated rings. The number of likely N-dealkylation sites (tertiary alicyclic amines) is 1. The second-order valence-electron chi connectivity index (χ2n) is 5.92. The molecule has 0 radical (unpaired) electrons. The number of hydrogen-bond acceptors (Lipinski definition) is 4. The average Bonchev–Trinajstić information content (AvgIpc) is 3.21. The van der Waals surface area contributed by atoms with Crippen LogP contribution in [0.25, 0.3) is 0 Å². The van der Waals surface area contributed by atoms with E-state index in [0.717, 1.165) is 25.0 Å². The molecule has 0 bridgehead atoms. The molecule has 1 saturated heterocycles. The van der Waals surface area contributed by atoms with Crippen LogP contribution in [0.3, 0.4) is 0 Å². The topological polar surface area (TPSA) is 83.7 Å². The van der Waals surface area contributed by atoms with Crippen molar-refractivity contribution in [1.29, 1.82) is 0 Å². The van der Waals surface area contributed by atoms with Gasteiger partial charge in [0, 0.05) is 12.1 Å². The Hall–Kier alpha value is -2.02. The molecule has 1 N–H and O–H groups in total. The fourth-order valence-electron chi connectivity index (χ4n) is 2.82. The van der Waals surface area contributed by atoms with E-state index in [1.165, 1.54) is 11.8 Å². The highest BCUT2D eigenvalue weighted by Gasteiger charge is 2.53. The normalized spacial score (nSPS) is 20.0. The smallest absolute Gasteiger partial charge is 0.270 e. The van der Waals surface area contributed by atoms with Crippen molar-refractivity contribution in [3.63, 3.8) is 0 Å². The second-order valence-corrected chi connectivity index (χ2v) is 5.92. The van der Waals surface area contributed by atoms with Crippen LogP contribution in [0.5, 0.6) is 0 Å². The number of non-ortho nitro benzene ring substituents is 1. The summed E-state index contributed by atoms with van der Waals surface area (Å²) in [5, 5.41) is 21.0. The van der Waals surface area contributed by atoms with Crippen LogP contribution in [0.2, 0.25) is 0 Å². The van der Waals surface area contributed by atoms with Crippen LogP contribution in [0, 0.1) is 28.8 Å². The van der Waals surface area contributed by atoms with Gasteiger partial charge in [-0.15, -0.1) is 0 Å². The number of nitrogens with zero attached hydrogens (tertiary/aromatic N) is 2. The summed E-state index contributed by atoms with van der Waals surface area (Å²) >= 11 is 0. The third kappa shape index (κ3) is 2.27. The van der Waals surface area contributed by atoms with Gasteiger partial charge in [0.05, 0.1) is 23.6 Å². The van der Waals surface area contributed by atoms with Crippen LogP contribution in [0.15, 0.2) is 12.1 Å². The first-order valence-corrected chi connectivity index (χ1v) is 6.78. The molecule has 0 unspecified atom stereocenters. The SMILES string of the molecule is Cc1cc([N+](=O)[O-])cc(C(=O)N2CC(O)(C3CC3)C2)c1F. The first kappa shape index (κ1) is 13.9. The zero-order valence-corrected chi connectivity index (χ0v) is 11.5. The number of hydrogen-bond donors (Lipinski definition) is 1. The molecule has 7 heteroatoms. The number of aliphatic hydroxyl groups is 1. The molecule has 0 aromatic heterocycles. The summed E-state index contributed by atoms with van der Waals surface area (Å²) in [6.45, 7) is 1.71. The summed E-state index contributed by atoms with van der Waals surface area (Å²) in [6.07, 6.45) is 1.89. The Morgan fingerprint density at radius 2 is 2.10 bits per heavy atom. The van der Waals surface area contributed by atoms with E-state index in [1.54, 1.807) is 0 Å². The third-order valence-electron chi connectivity index (χ3n) is 4.23. The minimum absolute atomic E-state index is 0.0607. The Morgan fingerprint density at radius 3 is 2.62 bits per heavy atom. The van der Waals surface area contributed by atoms with Crippen LogP contribution in [-0.4, -0.2) is 39.5 Å². The lowest BCUT2D eigenvalue weighted by Gasteiger charge is -2.47. The number of rotatable bonds is 3. The van der Waals surface area contributed by atoms with Gasteiger partial charge in [-0.3, -0.25) is 14.9 Å². The van der Waals surface area contributed by atoms with Gasteiger partial charge in [0.1, 0.15) is 11.4 Å². The largest absolute Gasteiger partial charge is 0.386 e. The van der Waals surface area contributed by atoms with E-state index >= 15 is 0 Å². The zero-order chi connectivity index (χ0) is 15.4. The van der Waals surface area contributed by atoms with Crippen molar-refractivity contribution < 1.29 is 19.2 Å². The number of amides is 1. The number of aryl methyl sites for hydroxylation is 1. The maximum absolute atomic E-state index is 14.0. The van der Waals surface area contributed by atoms with Gasteiger partial charge in [-0.2, -0.15) is 0 Å². The number of nitro benzene ring substituents is 1. The predicted molar refractivity (Wildman–Crippen MR) is 71.4 cm³/mol. The molecule has 1 aromatic rings. The quantitative estimate of drug-likeness (QED) is 0.678. The molecule has 3 rings (SSSR count). The van der Waals surface area contributed by atoms with Gasteiger partial charge in [-0.25, -0.2) is 4.39 Å². The van der Waals surface area contributed by atoms with Crippen LogP contribution in [-0.2, 0) is 0 Å². The molecule has 1 aromatic carbocycles. The highest BCUT2D eigenvalue weighted by Crippen LogP contribution is 2.44. The summed E-state index contributed by atoms with van der Waals surface area (Å²) in [4.78, 5) is 23.7. The molecule has 2 aliphatic rings. The fraction of sp³-hybridized carbons (Fsp3) is 0.500. The highest BCUT2D eigenvalue weighted by atomic mass is 19.1. The third-order valence-corrected chi connectivity index (χ3v) is 4.23.